The van der Waals surface area contributed by atoms with Crippen molar-refractivity contribution >= 4 is 68.1 Å². The molecule has 3 rings (SSSR count). The first-order valence-corrected chi connectivity index (χ1v) is 10.3. The molecule has 4 nitrogen and oxygen atoms in total. The second-order valence-corrected chi connectivity index (χ2v) is 8.12. The molecule has 0 unspecified atom stereocenters. The summed E-state index contributed by atoms with van der Waals surface area (Å²) in [6, 6.07) is 9.16. The molecule has 8 heteroatoms. The first kappa shape index (κ1) is 18.5. The van der Waals surface area contributed by atoms with Crippen LogP contribution in [0, 0.1) is 0 Å². The van der Waals surface area contributed by atoms with Gasteiger partial charge in [0.25, 0.3) is 0 Å². The van der Waals surface area contributed by atoms with Crippen molar-refractivity contribution < 1.29 is 4.79 Å². The van der Waals surface area contributed by atoms with Gasteiger partial charge in [-0.2, -0.15) is 0 Å². The molecule has 0 saturated carbocycles. The molecule has 0 fully saturated rings. The Kier molecular flexibility index (Phi) is 6.17. The first-order chi connectivity index (χ1) is 12.1. The van der Waals surface area contributed by atoms with E-state index in [1.54, 1.807) is 23.5 Å². The van der Waals surface area contributed by atoms with Crippen LogP contribution in [-0.2, 0) is 11.2 Å². The molecule has 0 aliphatic heterocycles. The zero-order chi connectivity index (χ0) is 17.8. The highest BCUT2D eigenvalue weighted by atomic mass is 35.5. The lowest BCUT2D eigenvalue weighted by Crippen LogP contribution is -2.14. The van der Waals surface area contributed by atoms with Crippen molar-refractivity contribution in [2.75, 3.05) is 11.1 Å². The Morgan fingerprint density at radius 3 is 2.84 bits per heavy atom. The van der Waals surface area contributed by atoms with E-state index >= 15 is 0 Å². The largest absolute Gasteiger partial charge is 0.324 e. The van der Waals surface area contributed by atoms with Crippen molar-refractivity contribution in [2.45, 2.75) is 24.9 Å². The molecule has 2 heterocycles. The molecule has 1 amide bonds. The van der Waals surface area contributed by atoms with Gasteiger partial charge >= 0.3 is 0 Å². The lowest BCUT2D eigenvalue weighted by molar-refractivity contribution is -0.113. The van der Waals surface area contributed by atoms with E-state index in [0.717, 1.165) is 23.1 Å². The molecule has 1 N–H and O–H groups in total. The highest BCUT2D eigenvalue weighted by Crippen LogP contribution is 2.31. The van der Waals surface area contributed by atoms with Crippen LogP contribution in [0.15, 0.2) is 35.5 Å². The number of hydrogen-bond donors (Lipinski definition) is 1. The molecule has 130 valence electrons. The Morgan fingerprint density at radius 1 is 1.28 bits per heavy atom. The topological polar surface area (TPSA) is 54.9 Å². The van der Waals surface area contributed by atoms with E-state index in [4.69, 9.17) is 23.2 Å². The minimum atomic E-state index is -0.171. The van der Waals surface area contributed by atoms with Crippen LogP contribution in [0.2, 0.25) is 10.2 Å². The number of aryl methyl sites for hydroxylation is 1. The number of carbonyl (C=O) groups is 1. The molecule has 3 aromatic rings. The number of fused-ring (bicyclic) bond motifs is 1. The maximum Gasteiger partial charge on any atom is 0.234 e. The molecule has 0 saturated heterocycles. The van der Waals surface area contributed by atoms with Gasteiger partial charge < -0.3 is 5.32 Å². The molecule has 0 radical (unpaired) electrons. The number of aromatic nitrogens is 2. The zero-order valence-electron chi connectivity index (χ0n) is 13.4. The summed E-state index contributed by atoms with van der Waals surface area (Å²) in [5.74, 6) is 0.0102. The van der Waals surface area contributed by atoms with Gasteiger partial charge in [-0.15, -0.1) is 11.3 Å². The summed E-state index contributed by atoms with van der Waals surface area (Å²) >= 11 is 15.2. The van der Waals surface area contributed by atoms with Gasteiger partial charge in [0.15, 0.2) is 5.16 Å². The van der Waals surface area contributed by atoms with E-state index < -0.39 is 0 Å². The minimum absolute atomic E-state index is 0.171. The van der Waals surface area contributed by atoms with Gasteiger partial charge in [0, 0.05) is 10.3 Å². The first-order valence-electron chi connectivity index (χ1n) is 7.70. The number of anilines is 1. The number of nitrogens with zero attached hydrogens (tertiary/aromatic N) is 2. The fourth-order valence-corrected chi connectivity index (χ4v) is 4.58. The number of nitrogens with one attached hydrogen (secondary N) is 1. The van der Waals surface area contributed by atoms with Crippen molar-refractivity contribution in [1.29, 1.82) is 0 Å². The second kappa shape index (κ2) is 8.36. The maximum atomic E-state index is 12.1. The molecular weight excluding hydrogens is 397 g/mol. The quantitative estimate of drug-likeness (QED) is 0.321. The fraction of sp³-hybridized carbons (Fsp3) is 0.235. The van der Waals surface area contributed by atoms with Crippen LogP contribution in [0.25, 0.3) is 10.2 Å². The van der Waals surface area contributed by atoms with Gasteiger partial charge in [0.05, 0.1) is 16.5 Å². The van der Waals surface area contributed by atoms with Gasteiger partial charge in [-0.05, 0) is 24.6 Å². The molecule has 25 heavy (non-hydrogen) atoms. The number of amides is 1. The predicted molar refractivity (Wildman–Crippen MR) is 107 cm³/mol. The van der Waals surface area contributed by atoms with Crippen LogP contribution in [-0.4, -0.2) is 21.6 Å². The van der Waals surface area contributed by atoms with E-state index in [-0.39, 0.29) is 11.7 Å². The summed E-state index contributed by atoms with van der Waals surface area (Å²) < 4.78 is 0. The smallest absolute Gasteiger partial charge is 0.234 e. The van der Waals surface area contributed by atoms with Crippen LogP contribution in [0.3, 0.4) is 0 Å². The Bertz CT molecular complexity index is 914. The van der Waals surface area contributed by atoms with E-state index in [1.807, 2.05) is 18.2 Å². The van der Waals surface area contributed by atoms with Crippen molar-refractivity contribution in [3.05, 3.63) is 45.4 Å². The van der Waals surface area contributed by atoms with E-state index in [2.05, 4.69) is 22.2 Å². The molecule has 1 aromatic carbocycles. The van der Waals surface area contributed by atoms with Crippen LogP contribution in [0.4, 0.5) is 5.69 Å². The average Bonchev–Trinajstić information content (AvgIpc) is 2.99. The number of thiophene rings is 1. The van der Waals surface area contributed by atoms with E-state index in [1.165, 1.54) is 16.6 Å². The molecule has 0 aliphatic carbocycles. The SMILES string of the molecule is CCCc1cc2c(Cl)nc(SCC(=O)Nc3ccccc3Cl)nc2s1. The van der Waals surface area contributed by atoms with Crippen LogP contribution < -0.4 is 5.32 Å². The number of rotatable bonds is 6. The summed E-state index contributed by atoms with van der Waals surface area (Å²) in [7, 11) is 0. The third-order valence-electron chi connectivity index (χ3n) is 3.35. The second-order valence-electron chi connectivity index (χ2n) is 5.30. The van der Waals surface area contributed by atoms with Crippen molar-refractivity contribution in [3.63, 3.8) is 0 Å². The highest BCUT2D eigenvalue weighted by Gasteiger charge is 2.12. The lowest BCUT2D eigenvalue weighted by Gasteiger charge is -2.06. The molecule has 0 aliphatic rings. The molecule has 2 aromatic heterocycles. The third-order valence-corrected chi connectivity index (χ3v) is 5.91. The number of benzene rings is 1. The van der Waals surface area contributed by atoms with Gasteiger partial charge in [0.2, 0.25) is 5.91 Å². The normalized spacial score (nSPS) is 11.0. The van der Waals surface area contributed by atoms with Gasteiger partial charge in [-0.1, -0.05) is 60.4 Å². The molecule has 0 spiro atoms. The number of thioether (sulfide) groups is 1. The van der Waals surface area contributed by atoms with Gasteiger partial charge in [-0.3, -0.25) is 4.79 Å². The number of hydrogen-bond acceptors (Lipinski definition) is 5. The monoisotopic (exact) mass is 411 g/mol. The Morgan fingerprint density at radius 2 is 2.08 bits per heavy atom. The molecule has 0 atom stereocenters. The number of halogens is 2. The standard InChI is InChI=1S/C17H15Cl2N3OS2/c1-2-5-10-8-11-15(19)21-17(22-16(11)25-10)24-9-14(23)20-13-7-4-3-6-12(13)18/h3-4,6-8H,2,5,9H2,1H3,(H,20,23). The van der Waals surface area contributed by atoms with E-state index in [0.29, 0.717) is 21.0 Å². The third kappa shape index (κ3) is 4.64. The Labute approximate surface area is 164 Å². The van der Waals surface area contributed by atoms with Crippen molar-refractivity contribution in [1.82, 2.24) is 9.97 Å². The average molecular weight is 412 g/mol. The summed E-state index contributed by atoms with van der Waals surface area (Å²) in [6.45, 7) is 2.14. The molecular formula is C17H15Cl2N3OS2. The highest BCUT2D eigenvalue weighted by molar-refractivity contribution is 7.99. The Balaban J connectivity index is 1.68. The fourth-order valence-electron chi connectivity index (χ4n) is 2.23. The maximum absolute atomic E-state index is 12.1. The van der Waals surface area contributed by atoms with Crippen LogP contribution in [0.5, 0.6) is 0 Å². The zero-order valence-corrected chi connectivity index (χ0v) is 16.5. The lowest BCUT2D eigenvalue weighted by atomic mass is 10.3. The van der Waals surface area contributed by atoms with Gasteiger partial charge in [-0.25, -0.2) is 9.97 Å². The summed E-state index contributed by atoms with van der Waals surface area (Å²) in [6.07, 6.45) is 2.07. The van der Waals surface area contributed by atoms with Crippen molar-refractivity contribution in [3.8, 4) is 0 Å². The van der Waals surface area contributed by atoms with Crippen molar-refractivity contribution in [2.24, 2.45) is 0 Å². The van der Waals surface area contributed by atoms with Crippen LogP contribution >= 0.6 is 46.3 Å². The Hall–Kier alpha value is -1.34. The molecule has 0 bridgehead atoms. The van der Waals surface area contributed by atoms with Gasteiger partial charge in [0.1, 0.15) is 9.98 Å². The number of para-hydroxylation sites is 1. The van der Waals surface area contributed by atoms with E-state index in [9.17, 15) is 4.79 Å². The summed E-state index contributed by atoms with van der Waals surface area (Å²) in [4.78, 5) is 23.0. The van der Waals surface area contributed by atoms with Crippen LogP contribution in [0.1, 0.15) is 18.2 Å². The predicted octanol–water partition coefficient (Wildman–Crippen LogP) is 5.68. The minimum Gasteiger partial charge on any atom is -0.324 e. The summed E-state index contributed by atoms with van der Waals surface area (Å²) in [5.41, 5.74) is 0.589. The summed E-state index contributed by atoms with van der Waals surface area (Å²) in [5, 5.41) is 5.08. The number of carbonyl (C=O) groups excluding carboxylic acids is 1.